The van der Waals surface area contributed by atoms with E-state index in [1.165, 1.54) is 12.2 Å². The van der Waals surface area contributed by atoms with Crippen molar-refractivity contribution in [2.24, 2.45) is 5.73 Å². The van der Waals surface area contributed by atoms with Gasteiger partial charge in [0.25, 0.3) is 0 Å². The highest BCUT2D eigenvalue weighted by molar-refractivity contribution is 5.02. The molecule has 0 fully saturated rings. The Morgan fingerprint density at radius 1 is 1.71 bits per heavy atom. The maximum absolute atomic E-state index is 11.5. The average molecular weight is 101 g/mol. The molecule has 0 spiro atoms. The molecule has 0 heterocycles. The summed E-state index contributed by atoms with van der Waals surface area (Å²) >= 11 is 0. The first-order chi connectivity index (χ1) is 3.27. The van der Waals surface area contributed by atoms with E-state index in [0.29, 0.717) is 0 Å². The number of nitrogens with two attached hydrogens (primary N) is 1. The Hall–Kier alpha value is -0.790. The molecule has 40 valence electrons. The third kappa shape index (κ3) is 5.21. The predicted molar refractivity (Wildman–Crippen MR) is 28.2 cm³/mol. The summed E-state index contributed by atoms with van der Waals surface area (Å²) in [5.41, 5.74) is 4.62. The molecule has 0 amide bonds. The smallest absolute Gasteiger partial charge is 0.184 e. The Kier molecular flexibility index (Phi) is 3.02. The van der Waals surface area contributed by atoms with Crippen molar-refractivity contribution in [2.75, 3.05) is 0 Å². The second-order valence-corrected chi connectivity index (χ2v) is 1.08. The average Bonchev–Trinajstić information content (AvgIpc) is 1.61. The predicted octanol–water partition coefficient (Wildman–Crippen LogP) is 1.33. The van der Waals surface area contributed by atoms with Gasteiger partial charge < -0.3 is 5.73 Å². The molecule has 0 saturated carbocycles. The molecule has 0 radical (unpaired) electrons. The third-order valence-electron chi connectivity index (χ3n) is 0.448. The molecule has 1 nitrogen and oxygen atoms in total. The van der Waals surface area contributed by atoms with Crippen molar-refractivity contribution >= 4 is 0 Å². The molecule has 0 aliphatic carbocycles. The minimum atomic E-state index is -0.655. The van der Waals surface area contributed by atoms with Gasteiger partial charge in [0.1, 0.15) is 0 Å². The number of hydrogen-bond acceptors (Lipinski definition) is 1. The van der Waals surface area contributed by atoms with Crippen molar-refractivity contribution in [1.29, 1.82) is 0 Å². The van der Waals surface area contributed by atoms with Crippen LogP contribution in [0.1, 0.15) is 6.92 Å². The van der Waals surface area contributed by atoms with Crippen molar-refractivity contribution in [3.63, 3.8) is 0 Å². The summed E-state index contributed by atoms with van der Waals surface area (Å²) in [6, 6.07) is 0. The van der Waals surface area contributed by atoms with Crippen molar-refractivity contribution in [1.82, 2.24) is 0 Å². The lowest BCUT2D eigenvalue weighted by atomic mass is 10.5. The Balaban J connectivity index is 3.46. The molecule has 0 atom stereocenters. The Morgan fingerprint density at radius 3 is 2.43 bits per heavy atom. The monoisotopic (exact) mass is 101 g/mol. The highest BCUT2D eigenvalue weighted by Gasteiger charge is 1.71. The van der Waals surface area contributed by atoms with E-state index >= 15 is 0 Å². The van der Waals surface area contributed by atoms with Gasteiger partial charge in [-0.05, 0) is 13.0 Å². The van der Waals surface area contributed by atoms with E-state index in [1.807, 2.05) is 0 Å². The van der Waals surface area contributed by atoms with Gasteiger partial charge in [-0.15, -0.1) is 0 Å². The summed E-state index contributed by atoms with van der Waals surface area (Å²) in [6.45, 7) is 1.79. The fraction of sp³-hybridized carbons (Fsp3) is 0.200. The first-order valence-corrected chi connectivity index (χ1v) is 2.01. The molecule has 0 rings (SSSR count). The maximum Gasteiger partial charge on any atom is 0.184 e. The normalized spacial score (nSPS) is 13.1. The van der Waals surface area contributed by atoms with Gasteiger partial charge >= 0.3 is 0 Å². The molecule has 0 aliphatic heterocycles. The van der Waals surface area contributed by atoms with Crippen LogP contribution in [0.3, 0.4) is 0 Å². The molecule has 0 bridgehead atoms. The molecule has 0 aliphatic rings. The van der Waals surface area contributed by atoms with Gasteiger partial charge in [-0.3, -0.25) is 0 Å². The van der Waals surface area contributed by atoms with E-state index in [4.69, 9.17) is 0 Å². The lowest BCUT2D eigenvalue weighted by molar-refractivity contribution is 0.627. The molecular weight excluding hydrogens is 93.1 g/mol. The summed E-state index contributed by atoms with van der Waals surface area (Å²) in [7, 11) is 0. The highest BCUT2D eigenvalue weighted by Crippen LogP contribution is 1.82. The molecule has 0 unspecified atom stereocenters. The Morgan fingerprint density at radius 2 is 2.29 bits per heavy atom. The van der Waals surface area contributed by atoms with E-state index in [-0.39, 0.29) is 0 Å². The summed E-state index contributed by atoms with van der Waals surface area (Å²) in [5, 5.41) is 0. The fourth-order valence-electron chi connectivity index (χ4n) is 0.188. The number of rotatable bonds is 1. The van der Waals surface area contributed by atoms with E-state index in [1.54, 1.807) is 13.0 Å². The number of allylic oxidation sites excluding steroid dienone is 3. The molecular formula is C5H8FN. The van der Waals surface area contributed by atoms with E-state index in [9.17, 15) is 4.39 Å². The molecule has 0 aromatic heterocycles. The van der Waals surface area contributed by atoms with Gasteiger partial charge in [0.15, 0.2) is 5.95 Å². The van der Waals surface area contributed by atoms with Gasteiger partial charge in [0.2, 0.25) is 0 Å². The molecule has 0 saturated heterocycles. The highest BCUT2D eigenvalue weighted by atomic mass is 19.1. The van der Waals surface area contributed by atoms with Crippen LogP contribution in [-0.2, 0) is 0 Å². The zero-order chi connectivity index (χ0) is 5.70. The minimum absolute atomic E-state index is 0.655. The molecule has 0 aromatic carbocycles. The van der Waals surface area contributed by atoms with Crippen LogP contribution in [0.5, 0.6) is 0 Å². The summed E-state index contributed by atoms with van der Waals surface area (Å²) in [4.78, 5) is 0. The standard InChI is InChI=1S/C5H8FN/c1-2-3-4-5(6)7/h2-4H,7H2,1H3/b3-2-,5-4+. The Labute approximate surface area is 42.3 Å². The molecule has 7 heavy (non-hydrogen) atoms. The third-order valence-corrected chi connectivity index (χ3v) is 0.448. The quantitative estimate of drug-likeness (QED) is 0.391. The molecule has 0 aromatic rings. The van der Waals surface area contributed by atoms with Crippen molar-refractivity contribution in [3.05, 3.63) is 24.2 Å². The van der Waals surface area contributed by atoms with Crippen LogP contribution < -0.4 is 5.73 Å². The van der Waals surface area contributed by atoms with Crippen LogP contribution in [0.2, 0.25) is 0 Å². The fourth-order valence-corrected chi connectivity index (χ4v) is 0.188. The minimum Gasteiger partial charge on any atom is -0.376 e. The van der Waals surface area contributed by atoms with Gasteiger partial charge in [0, 0.05) is 0 Å². The lowest BCUT2D eigenvalue weighted by Crippen LogP contribution is -1.85. The van der Waals surface area contributed by atoms with Crippen molar-refractivity contribution in [3.8, 4) is 0 Å². The van der Waals surface area contributed by atoms with Crippen molar-refractivity contribution < 1.29 is 4.39 Å². The topological polar surface area (TPSA) is 26.0 Å². The Bertz CT molecular complexity index is 90.3. The van der Waals surface area contributed by atoms with Crippen LogP contribution >= 0.6 is 0 Å². The SMILES string of the molecule is C/C=C\C=C(\N)F. The van der Waals surface area contributed by atoms with Crippen LogP contribution in [0.15, 0.2) is 24.2 Å². The van der Waals surface area contributed by atoms with Gasteiger partial charge in [-0.2, -0.15) is 4.39 Å². The lowest BCUT2D eigenvalue weighted by Gasteiger charge is -1.74. The van der Waals surface area contributed by atoms with Crippen LogP contribution in [0.4, 0.5) is 4.39 Å². The zero-order valence-corrected chi connectivity index (χ0v) is 4.19. The van der Waals surface area contributed by atoms with Gasteiger partial charge in [-0.25, -0.2) is 0 Å². The first-order valence-electron chi connectivity index (χ1n) is 2.01. The van der Waals surface area contributed by atoms with Crippen molar-refractivity contribution in [2.45, 2.75) is 6.92 Å². The van der Waals surface area contributed by atoms with Crippen LogP contribution in [0.25, 0.3) is 0 Å². The second-order valence-electron chi connectivity index (χ2n) is 1.08. The second kappa shape index (κ2) is 3.40. The zero-order valence-electron chi connectivity index (χ0n) is 4.19. The van der Waals surface area contributed by atoms with E-state index in [2.05, 4.69) is 5.73 Å². The summed E-state index contributed by atoms with van der Waals surface area (Å²) in [6.07, 6.45) is 4.43. The summed E-state index contributed by atoms with van der Waals surface area (Å²) < 4.78 is 11.5. The molecule has 2 N–H and O–H groups in total. The maximum atomic E-state index is 11.5. The van der Waals surface area contributed by atoms with E-state index < -0.39 is 5.95 Å². The number of halogens is 1. The van der Waals surface area contributed by atoms with Gasteiger partial charge in [-0.1, -0.05) is 12.2 Å². The van der Waals surface area contributed by atoms with Crippen LogP contribution in [0, 0.1) is 0 Å². The summed E-state index contributed by atoms with van der Waals surface area (Å²) in [5.74, 6) is -0.655. The number of hydrogen-bond donors (Lipinski definition) is 1. The van der Waals surface area contributed by atoms with E-state index in [0.717, 1.165) is 0 Å². The molecule has 2 heteroatoms. The largest absolute Gasteiger partial charge is 0.376 e. The first kappa shape index (κ1) is 6.21. The van der Waals surface area contributed by atoms with Gasteiger partial charge in [0.05, 0.1) is 0 Å². The van der Waals surface area contributed by atoms with Crippen LogP contribution in [-0.4, -0.2) is 0 Å².